The van der Waals surface area contributed by atoms with E-state index in [0.717, 1.165) is 5.56 Å². The Bertz CT molecular complexity index is 1140. The van der Waals surface area contributed by atoms with Crippen molar-refractivity contribution in [2.24, 2.45) is 0 Å². The van der Waals surface area contributed by atoms with Gasteiger partial charge in [-0.1, -0.05) is 38.1 Å². The van der Waals surface area contributed by atoms with Crippen molar-refractivity contribution in [1.82, 2.24) is 0 Å². The predicted molar refractivity (Wildman–Crippen MR) is 106 cm³/mol. The van der Waals surface area contributed by atoms with E-state index >= 15 is 0 Å². The minimum absolute atomic E-state index is 0.102. The molecule has 6 nitrogen and oxygen atoms in total. The number of methoxy groups -OCH3 is 1. The quantitative estimate of drug-likeness (QED) is 0.438. The lowest BCUT2D eigenvalue weighted by Crippen LogP contribution is -2.00. The maximum absolute atomic E-state index is 12.4. The second-order valence-corrected chi connectivity index (χ2v) is 6.41. The molecule has 0 heterocycles. The molecular weight excluding hydrogens is 364 g/mol. The van der Waals surface area contributed by atoms with Gasteiger partial charge in [-0.05, 0) is 40.3 Å². The van der Waals surface area contributed by atoms with Gasteiger partial charge in [0, 0.05) is 5.57 Å². The molecule has 0 saturated carbocycles. The number of hydrogen-bond donors (Lipinski definition) is 0. The number of nitriles is 4. The van der Waals surface area contributed by atoms with Crippen molar-refractivity contribution in [2.75, 3.05) is 7.11 Å². The number of allylic oxidation sites excluding steroid dienone is 4. The van der Waals surface area contributed by atoms with Gasteiger partial charge >= 0.3 is 5.97 Å². The molecule has 0 N–H and O–H groups in total. The van der Waals surface area contributed by atoms with Crippen LogP contribution in [0.1, 0.15) is 41.3 Å². The van der Waals surface area contributed by atoms with Crippen LogP contribution >= 0.6 is 0 Å². The minimum atomic E-state index is -0.568. The van der Waals surface area contributed by atoms with E-state index in [1.807, 2.05) is 32.0 Å². The van der Waals surface area contributed by atoms with Gasteiger partial charge in [0.15, 0.2) is 0 Å². The van der Waals surface area contributed by atoms with Gasteiger partial charge in [0.2, 0.25) is 0 Å². The third-order valence-electron chi connectivity index (χ3n) is 4.41. The first kappa shape index (κ1) is 20.9. The smallest absolute Gasteiger partial charge is 0.338 e. The van der Waals surface area contributed by atoms with E-state index in [0.29, 0.717) is 16.7 Å². The van der Waals surface area contributed by atoms with Gasteiger partial charge < -0.3 is 4.74 Å². The first-order chi connectivity index (χ1) is 13.9. The lowest BCUT2D eigenvalue weighted by Gasteiger charge is -2.06. The summed E-state index contributed by atoms with van der Waals surface area (Å²) >= 11 is 0. The number of rotatable bonds is 4. The molecule has 0 fully saturated rings. The molecule has 0 unspecified atom stereocenters. The summed E-state index contributed by atoms with van der Waals surface area (Å²) in [7, 11) is 1.27. The van der Waals surface area contributed by atoms with Crippen LogP contribution < -0.4 is 0 Å². The molecule has 2 aliphatic carbocycles. The molecule has 140 valence electrons. The first-order valence-corrected chi connectivity index (χ1v) is 8.63. The van der Waals surface area contributed by atoms with Gasteiger partial charge in [0.1, 0.15) is 35.4 Å². The fraction of sp³-hybridized carbons (Fsp3) is 0.174. The topological polar surface area (TPSA) is 121 Å². The summed E-state index contributed by atoms with van der Waals surface area (Å²) in [4.78, 5) is 12.4. The van der Waals surface area contributed by atoms with Crippen LogP contribution in [0, 0.1) is 45.3 Å². The molecule has 0 atom stereocenters. The van der Waals surface area contributed by atoms with E-state index < -0.39 is 5.97 Å². The van der Waals surface area contributed by atoms with Crippen LogP contribution in [-0.2, 0) is 4.74 Å². The van der Waals surface area contributed by atoms with Crippen LogP contribution in [0.5, 0.6) is 0 Å². The summed E-state index contributed by atoms with van der Waals surface area (Å²) in [6.07, 6.45) is 1.19. The summed E-state index contributed by atoms with van der Waals surface area (Å²) in [5, 5.41) is 37.1. The van der Waals surface area contributed by atoms with Gasteiger partial charge in [-0.25, -0.2) is 4.79 Å². The monoisotopic (exact) mass is 380 g/mol. The zero-order valence-corrected chi connectivity index (χ0v) is 16.1. The Kier molecular flexibility index (Phi) is 6.50. The van der Waals surface area contributed by atoms with E-state index in [1.165, 1.54) is 19.3 Å². The molecule has 0 aromatic rings. The number of fused-ring (bicyclic) bond motifs is 1. The molecule has 0 aromatic carbocycles. The van der Waals surface area contributed by atoms with Crippen LogP contribution in [-0.4, -0.2) is 13.1 Å². The van der Waals surface area contributed by atoms with Gasteiger partial charge in [0.05, 0.1) is 12.7 Å². The molecule has 0 aromatic heterocycles. The maximum atomic E-state index is 12.4. The highest BCUT2D eigenvalue weighted by Gasteiger charge is 2.24. The Morgan fingerprint density at radius 3 is 2.14 bits per heavy atom. The molecule has 0 aliphatic heterocycles. The molecule has 0 bridgehead atoms. The number of carbonyl (C=O) groups excluding carboxylic acids is 1. The molecule has 0 saturated heterocycles. The summed E-state index contributed by atoms with van der Waals surface area (Å²) in [6.45, 7) is 4.04. The predicted octanol–water partition coefficient (Wildman–Crippen LogP) is 4.48. The molecule has 6 heteroatoms. The number of ether oxygens (including phenoxy) is 1. The second-order valence-electron chi connectivity index (χ2n) is 6.41. The van der Waals surface area contributed by atoms with E-state index in [2.05, 4.69) is 0 Å². The van der Waals surface area contributed by atoms with Crippen molar-refractivity contribution >= 4 is 11.5 Å². The number of nitrogens with zero attached hydrogens (tertiary/aromatic N) is 4. The third-order valence-corrected chi connectivity index (χ3v) is 4.41. The fourth-order valence-corrected chi connectivity index (χ4v) is 2.92. The Labute approximate surface area is 169 Å². The lowest BCUT2D eigenvalue weighted by atomic mass is 9.96. The third kappa shape index (κ3) is 4.14. The van der Waals surface area contributed by atoms with Crippen molar-refractivity contribution in [2.45, 2.75) is 19.8 Å². The Morgan fingerprint density at radius 1 is 0.966 bits per heavy atom. The van der Waals surface area contributed by atoms with Crippen molar-refractivity contribution in [3.05, 3.63) is 64.2 Å². The standard InChI is InChI=1S/C23H16N4O2/c1-14(2)16-5-4-6-18-20(8-16)22(23(28)29-3)9-21(18)19(17(12-26)13-27)7-15(10-24)11-25/h4-9,14H,1-3H3. The average molecular weight is 380 g/mol. The Hall–Kier alpha value is -4.39. The van der Waals surface area contributed by atoms with Crippen molar-refractivity contribution < 1.29 is 9.53 Å². The SMILES string of the molecule is COC(=O)c1cc(C(C=C(C#N)C#N)=C(C#N)C#N)c2cccc(C(C)C)cc1-2. The zero-order valence-electron chi connectivity index (χ0n) is 16.1. The molecule has 0 radical (unpaired) electrons. The van der Waals surface area contributed by atoms with Gasteiger partial charge in [0.25, 0.3) is 0 Å². The Morgan fingerprint density at radius 2 is 1.62 bits per heavy atom. The minimum Gasteiger partial charge on any atom is -0.465 e. The first-order valence-electron chi connectivity index (χ1n) is 8.63. The van der Waals surface area contributed by atoms with Crippen molar-refractivity contribution in [1.29, 1.82) is 21.0 Å². The van der Waals surface area contributed by atoms with Crippen LogP contribution in [0.4, 0.5) is 0 Å². The molecule has 2 rings (SSSR count). The normalized spacial score (nSPS) is 9.52. The lowest BCUT2D eigenvalue weighted by molar-refractivity contribution is 0.0602. The summed E-state index contributed by atoms with van der Waals surface area (Å²) in [6, 6.07) is 15.9. The van der Waals surface area contributed by atoms with Gasteiger partial charge in [-0.15, -0.1) is 0 Å². The van der Waals surface area contributed by atoms with E-state index in [4.69, 9.17) is 15.3 Å². The molecule has 29 heavy (non-hydrogen) atoms. The fourth-order valence-electron chi connectivity index (χ4n) is 2.92. The summed E-state index contributed by atoms with van der Waals surface area (Å²) in [5.74, 6) is -0.372. The van der Waals surface area contributed by atoms with Crippen molar-refractivity contribution in [3.63, 3.8) is 0 Å². The van der Waals surface area contributed by atoms with Crippen molar-refractivity contribution in [3.8, 4) is 35.4 Å². The highest BCUT2D eigenvalue weighted by atomic mass is 16.5. The van der Waals surface area contributed by atoms with Gasteiger partial charge in [-0.2, -0.15) is 21.0 Å². The number of carbonyl (C=O) groups is 1. The summed E-state index contributed by atoms with van der Waals surface area (Å²) < 4.78 is 4.90. The number of esters is 1. The van der Waals surface area contributed by atoms with E-state index in [1.54, 1.807) is 30.3 Å². The molecule has 0 amide bonds. The zero-order chi connectivity index (χ0) is 21.6. The number of hydrogen-bond acceptors (Lipinski definition) is 6. The van der Waals surface area contributed by atoms with Crippen LogP contribution in [0.3, 0.4) is 0 Å². The average Bonchev–Trinajstić information content (AvgIpc) is 2.92. The highest BCUT2D eigenvalue weighted by Crippen LogP contribution is 2.39. The van der Waals surface area contributed by atoms with Gasteiger partial charge in [-0.3, -0.25) is 0 Å². The van der Waals surface area contributed by atoms with E-state index in [-0.39, 0.29) is 28.2 Å². The van der Waals surface area contributed by atoms with Crippen LogP contribution in [0.15, 0.2) is 47.6 Å². The van der Waals surface area contributed by atoms with E-state index in [9.17, 15) is 15.3 Å². The van der Waals surface area contributed by atoms with Crippen LogP contribution in [0.25, 0.3) is 16.7 Å². The highest BCUT2D eigenvalue weighted by molar-refractivity contribution is 6.04. The van der Waals surface area contributed by atoms with Crippen LogP contribution in [0.2, 0.25) is 0 Å². The maximum Gasteiger partial charge on any atom is 0.338 e. The summed E-state index contributed by atoms with van der Waals surface area (Å²) in [5.41, 5.74) is 2.41. The second kappa shape index (κ2) is 9.01. The Balaban J connectivity index is 2.98. The molecule has 2 aliphatic rings. The largest absolute Gasteiger partial charge is 0.465 e. The molecule has 0 spiro atoms. The molecular formula is C23H16N4O2.